The molecule has 0 heterocycles. The van der Waals surface area contributed by atoms with E-state index in [-0.39, 0.29) is 6.15 Å². The van der Waals surface area contributed by atoms with Crippen LogP contribution >= 0.6 is 7.49 Å². The Morgan fingerprint density at radius 3 is 1.12 bits per heavy atom. The zero-order chi connectivity index (χ0) is 24.1. The molecule has 0 aromatic carbocycles. The number of unbranched alkanes of at least 4 members (excludes halogenated alkanes) is 15. The van der Waals surface area contributed by atoms with Crippen LogP contribution in [0.25, 0.3) is 0 Å². The van der Waals surface area contributed by atoms with Gasteiger partial charge in [-0.2, -0.15) is 0 Å². The third kappa shape index (κ3) is 19.6. The molecule has 0 aliphatic rings. The van der Waals surface area contributed by atoms with E-state index >= 15 is 0 Å². The van der Waals surface area contributed by atoms with Crippen LogP contribution in [0.5, 0.6) is 0 Å². The molecule has 0 aromatic heterocycles. The zero-order valence-corrected chi connectivity index (χ0v) is 23.0. The van der Waals surface area contributed by atoms with E-state index < -0.39 is 19.6 Å². The van der Waals surface area contributed by atoms with Crippen LogP contribution in [0.15, 0.2) is 0 Å². The van der Waals surface area contributed by atoms with Gasteiger partial charge in [-0.3, -0.25) is 0 Å². The molecule has 0 aliphatic heterocycles. The van der Waals surface area contributed by atoms with Gasteiger partial charge in [-0.25, -0.2) is 0 Å². The molecule has 3 N–H and O–H groups in total. The smallest absolute Gasteiger partial charge is 0.344 e. The fourth-order valence-corrected chi connectivity index (χ4v) is 8.71. The van der Waals surface area contributed by atoms with Crippen molar-refractivity contribution >= 4 is 13.5 Å². The third-order valence-corrected chi connectivity index (χ3v) is 10.9. The summed E-state index contributed by atoms with van der Waals surface area (Å²) < 4.78 is 44.8. The molecule has 0 spiro atoms. The van der Waals surface area contributed by atoms with Crippen molar-refractivity contribution in [2.45, 2.75) is 143 Å². The van der Waals surface area contributed by atoms with Crippen molar-refractivity contribution in [3.63, 3.8) is 0 Å². The SMILES string of the molecule is CCCCCCCC[PH](CCCCCCCC)(CCCCCCCC)OC(=O)C(F)(F)F.N. The first-order valence-corrected chi connectivity index (χ1v) is 16.1. The van der Waals surface area contributed by atoms with Crippen LogP contribution in [0.4, 0.5) is 13.2 Å². The minimum atomic E-state index is -4.89. The number of carbonyl (C=O) groups excluding carboxylic acids is 1. The summed E-state index contributed by atoms with van der Waals surface area (Å²) in [5.41, 5.74) is 0. The molecule has 0 aliphatic carbocycles. The Morgan fingerprint density at radius 1 is 0.576 bits per heavy atom. The van der Waals surface area contributed by atoms with Crippen LogP contribution in [-0.4, -0.2) is 30.6 Å². The number of alkyl halides is 3. The van der Waals surface area contributed by atoms with Crippen molar-refractivity contribution in [2.24, 2.45) is 0 Å². The Balaban J connectivity index is 0. The molecule has 7 heteroatoms. The molecule has 0 fully saturated rings. The number of carbonyl (C=O) groups is 1. The molecule has 33 heavy (non-hydrogen) atoms. The van der Waals surface area contributed by atoms with Gasteiger partial charge in [0.1, 0.15) is 0 Å². The van der Waals surface area contributed by atoms with Crippen molar-refractivity contribution < 1.29 is 22.5 Å². The fraction of sp³-hybridized carbons (Fsp3) is 0.962. The van der Waals surface area contributed by atoms with Crippen LogP contribution in [0.1, 0.15) is 136 Å². The van der Waals surface area contributed by atoms with Crippen molar-refractivity contribution in [1.29, 1.82) is 0 Å². The van der Waals surface area contributed by atoms with Crippen molar-refractivity contribution in [3.05, 3.63) is 0 Å². The molecule has 0 unspecified atom stereocenters. The molecule has 0 amide bonds. The van der Waals surface area contributed by atoms with Gasteiger partial charge < -0.3 is 6.15 Å². The first-order chi connectivity index (χ1) is 15.3. The third-order valence-electron chi connectivity index (χ3n) is 6.50. The summed E-state index contributed by atoms with van der Waals surface area (Å²) in [6.07, 6.45) is 17.1. The minimum Gasteiger partial charge on any atom is -0.344 e. The second kappa shape index (κ2) is 22.1. The van der Waals surface area contributed by atoms with Gasteiger partial charge >= 0.3 is 197 Å². The average molecular weight is 502 g/mol. The topological polar surface area (TPSA) is 61.3 Å². The van der Waals surface area contributed by atoms with Gasteiger partial charge in [0.05, 0.1) is 0 Å². The maximum absolute atomic E-state index is 13.1. The van der Waals surface area contributed by atoms with Gasteiger partial charge in [0.2, 0.25) is 0 Å². The summed E-state index contributed by atoms with van der Waals surface area (Å²) in [4.78, 5) is 11.9. The molecule has 0 saturated heterocycles. The second-order valence-corrected chi connectivity index (χ2v) is 13.7. The molecule has 0 rings (SSSR count). The van der Waals surface area contributed by atoms with E-state index in [0.717, 1.165) is 57.8 Å². The Morgan fingerprint density at radius 2 is 0.848 bits per heavy atom. The maximum Gasteiger partial charge on any atom is -0.344 e. The fourth-order valence-electron chi connectivity index (χ4n) is 4.47. The average Bonchev–Trinajstić information content (AvgIpc) is 2.75. The normalized spacial score (nSPS) is 12.4. The van der Waals surface area contributed by atoms with Gasteiger partial charge in [-0.05, 0) is 0 Å². The van der Waals surface area contributed by atoms with Crippen LogP contribution < -0.4 is 6.15 Å². The van der Waals surface area contributed by atoms with Crippen LogP contribution in [-0.2, 0) is 9.32 Å². The van der Waals surface area contributed by atoms with E-state index in [2.05, 4.69) is 20.8 Å². The first-order valence-electron chi connectivity index (χ1n) is 13.6. The summed E-state index contributed by atoms with van der Waals surface area (Å²) in [5, 5.41) is 0. The van der Waals surface area contributed by atoms with Crippen LogP contribution in [0.2, 0.25) is 0 Å². The second-order valence-electron chi connectivity index (χ2n) is 9.62. The van der Waals surface area contributed by atoms with E-state index in [4.69, 9.17) is 4.52 Å². The molecule has 3 nitrogen and oxygen atoms in total. The van der Waals surface area contributed by atoms with Crippen LogP contribution in [0.3, 0.4) is 0 Å². The van der Waals surface area contributed by atoms with Gasteiger partial charge in [0.25, 0.3) is 0 Å². The molecular weight excluding hydrogens is 446 g/mol. The standard InChI is InChI=1S/C26H52F3O2P.H3N/c1-4-7-10-13-16-19-22-32(31-25(30)26(27,28)29,23-20-17-14-11-8-5-2)24-21-18-15-12-9-6-3;/h32H,4-24H2,1-3H3;1H3. The molecule has 0 aromatic rings. The summed E-state index contributed by atoms with van der Waals surface area (Å²) in [6, 6.07) is 0. The zero-order valence-electron chi connectivity index (χ0n) is 22.0. The predicted octanol–water partition coefficient (Wildman–Crippen LogP) is 10.0. The van der Waals surface area contributed by atoms with Gasteiger partial charge in [-0.1, -0.05) is 0 Å². The van der Waals surface area contributed by atoms with E-state index in [1.165, 1.54) is 57.8 Å². The predicted molar refractivity (Wildman–Crippen MR) is 140 cm³/mol. The Kier molecular flexibility index (Phi) is 23.4. The number of hydrogen-bond acceptors (Lipinski definition) is 3. The van der Waals surface area contributed by atoms with Crippen molar-refractivity contribution in [1.82, 2.24) is 6.15 Å². The van der Waals surface area contributed by atoms with Crippen molar-refractivity contribution in [2.75, 3.05) is 18.5 Å². The summed E-state index contributed by atoms with van der Waals surface area (Å²) in [5.74, 6) is -1.94. The Bertz CT molecular complexity index is 407. The molecule has 0 bridgehead atoms. The maximum atomic E-state index is 13.1. The number of hydrogen-bond donors (Lipinski definition) is 1. The van der Waals surface area contributed by atoms with E-state index in [1.54, 1.807) is 0 Å². The quantitative estimate of drug-likeness (QED) is 0.119. The summed E-state index contributed by atoms with van der Waals surface area (Å²) in [6.45, 7) is 6.53. The van der Waals surface area contributed by atoms with Gasteiger partial charge in [0, 0.05) is 0 Å². The molecule has 0 saturated carbocycles. The van der Waals surface area contributed by atoms with Crippen LogP contribution in [0, 0.1) is 0 Å². The van der Waals surface area contributed by atoms with Crippen molar-refractivity contribution in [3.8, 4) is 0 Å². The monoisotopic (exact) mass is 501 g/mol. The summed E-state index contributed by atoms with van der Waals surface area (Å²) in [7, 11) is -2.74. The molecular formula is C26H55F3NO2P. The Labute approximate surface area is 203 Å². The Hall–Kier alpha value is -0.350. The summed E-state index contributed by atoms with van der Waals surface area (Å²) >= 11 is 0. The van der Waals surface area contributed by atoms with E-state index in [0.29, 0.717) is 18.5 Å². The van der Waals surface area contributed by atoms with Gasteiger partial charge in [-0.15, -0.1) is 0 Å². The minimum absolute atomic E-state index is 0. The van der Waals surface area contributed by atoms with E-state index in [9.17, 15) is 18.0 Å². The molecule has 0 radical (unpaired) electrons. The number of rotatable bonds is 22. The van der Waals surface area contributed by atoms with E-state index in [1.807, 2.05) is 0 Å². The largest absolute Gasteiger partial charge is 0.344 e. The molecule has 202 valence electrons. The number of halogens is 3. The molecule has 0 atom stereocenters. The first kappa shape index (κ1) is 34.8. The van der Waals surface area contributed by atoms with Gasteiger partial charge in [0.15, 0.2) is 0 Å².